The molecule has 0 fully saturated rings. The highest BCUT2D eigenvalue weighted by Crippen LogP contribution is 2.27. The first-order valence-electron chi connectivity index (χ1n) is 10.2. The van der Waals surface area contributed by atoms with Crippen LogP contribution in [-0.2, 0) is 21.2 Å². The highest BCUT2D eigenvalue weighted by Gasteiger charge is 2.27. The number of aryl methyl sites for hydroxylation is 1. The van der Waals surface area contributed by atoms with Gasteiger partial charge < -0.3 is 10.1 Å². The number of anilines is 2. The maximum atomic E-state index is 13.4. The van der Waals surface area contributed by atoms with Crippen LogP contribution in [0, 0.1) is 0 Å². The molecule has 1 N–H and O–H groups in total. The van der Waals surface area contributed by atoms with Gasteiger partial charge in [0.1, 0.15) is 12.3 Å². The molecule has 0 saturated carbocycles. The number of sulfonamides is 1. The average molecular weight is 473 g/mol. The molecule has 0 aromatic heterocycles. The van der Waals surface area contributed by atoms with Crippen molar-refractivity contribution in [2.75, 3.05) is 22.8 Å². The number of para-hydroxylation sites is 1. The van der Waals surface area contributed by atoms with Crippen LogP contribution < -0.4 is 14.4 Å². The van der Waals surface area contributed by atoms with E-state index in [1.807, 2.05) is 32.0 Å². The molecule has 3 rings (SSSR count). The number of halogens is 1. The number of rotatable bonds is 9. The van der Waals surface area contributed by atoms with Gasteiger partial charge in [-0.3, -0.25) is 9.10 Å². The van der Waals surface area contributed by atoms with Gasteiger partial charge in [0.15, 0.2) is 0 Å². The zero-order valence-electron chi connectivity index (χ0n) is 17.9. The van der Waals surface area contributed by atoms with Crippen molar-refractivity contribution in [3.05, 3.63) is 83.4 Å². The molecule has 3 aromatic rings. The lowest BCUT2D eigenvalue weighted by Crippen LogP contribution is -2.38. The summed E-state index contributed by atoms with van der Waals surface area (Å²) in [7, 11) is -4.03. The average Bonchev–Trinajstić information content (AvgIpc) is 2.79. The molecular weight excluding hydrogens is 448 g/mol. The van der Waals surface area contributed by atoms with Gasteiger partial charge in [-0.25, -0.2) is 8.42 Å². The number of benzene rings is 3. The predicted octanol–water partition coefficient (Wildman–Crippen LogP) is 5.14. The number of carbonyl (C=O) groups is 1. The Kier molecular flexibility index (Phi) is 7.77. The van der Waals surface area contributed by atoms with Gasteiger partial charge >= 0.3 is 0 Å². The molecule has 0 radical (unpaired) electrons. The van der Waals surface area contributed by atoms with Crippen LogP contribution >= 0.6 is 11.6 Å². The highest BCUT2D eigenvalue weighted by atomic mass is 35.5. The van der Waals surface area contributed by atoms with Gasteiger partial charge in [0.2, 0.25) is 5.91 Å². The molecule has 0 bridgehead atoms. The molecule has 0 aliphatic heterocycles. The second-order valence-corrected chi connectivity index (χ2v) is 9.25. The standard InChI is InChI=1S/C24H25ClN2O4S/c1-3-18-7-5-6-8-23(18)26-24(28)17-27(20-11-13-21(14-12-20)31-4-2)32(29,30)22-15-9-19(25)10-16-22/h5-16H,3-4,17H2,1-2H3,(H,26,28). The van der Waals surface area contributed by atoms with Gasteiger partial charge in [0, 0.05) is 10.7 Å². The summed E-state index contributed by atoms with van der Waals surface area (Å²) < 4.78 is 33.4. The number of amides is 1. The Labute approximate surface area is 193 Å². The van der Waals surface area contributed by atoms with E-state index in [1.54, 1.807) is 30.3 Å². The number of nitrogens with one attached hydrogen (secondary N) is 1. The van der Waals surface area contributed by atoms with Crippen LogP contribution in [0.2, 0.25) is 5.02 Å². The molecule has 8 heteroatoms. The number of carbonyl (C=O) groups excluding carboxylic acids is 1. The largest absolute Gasteiger partial charge is 0.494 e. The Bertz CT molecular complexity index is 1160. The summed E-state index contributed by atoms with van der Waals surface area (Å²) in [6.45, 7) is 3.95. The Morgan fingerprint density at radius 1 is 0.969 bits per heavy atom. The summed E-state index contributed by atoms with van der Waals surface area (Å²) in [6.07, 6.45) is 0.738. The second-order valence-electron chi connectivity index (χ2n) is 6.95. The molecule has 0 unspecified atom stereocenters. The van der Waals surface area contributed by atoms with E-state index in [2.05, 4.69) is 5.32 Å². The fraction of sp³-hybridized carbons (Fsp3) is 0.208. The second kappa shape index (κ2) is 10.5. The lowest BCUT2D eigenvalue weighted by atomic mass is 10.1. The zero-order valence-corrected chi connectivity index (χ0v) is 19.5. The first kappa shape index (κ1) is 23.6. The lowest BCUT2D eigenvalue weighted by molar-refractivity contribution is -0.114. The Hall–Kier alpha value is -3.03. The first-order chi connectivity index (χ1) is 15.3. The third kappa shape index (κ3) is 5.60. The summed E-state index contributed by atoms with van der Waals surface area (Å²) in [5.41, 5.74) is 1.98. The van der Waals surface area contributed by atoms with Crippen molar-refractivity contribution < 1.29 is 17.9 Å². The molecule has 0 heterocycles. The van der Waals surface area contributed by atoms with Crippen LogP contribution in [0.25, 0.3) is 0 Å². The molecule has 0 atom stereocenters. The summed E-state index contributed by atoms with van der Waals surface area (Å²) >= 11 is 5.92. The molecule has 0 spiro atoms. The normalized spacial score (nSPS) is 11.1. The van der Waals surface area contributed by atoms with Crippen molar-refractivity contribution in [2.24, 2.45) is 0 Å². The predicted molar refractivity (Wildman–Crippen MR) is 128 cm³/mol. The van der Waals surface area contributed by atoms with Gasteiger partial charge in [-0.2, -0.15) is 0 Å². The minimum atomic E-state index is -4.03. The molecule has 1 amide bonds. The number of nitrogens with zero attached hydrogens (tertiary/aromatic N) is 1. The van der Waals surface area contributed by atoms with Crippen LogP contribution in [0.5, 0.6) is 5.75 Å². The summed E-state index contributed by atoms with van der Waals surface area (Å²) in [4.78, 5) is 12.9. The third-order valence-electron chi connectivity index (χ3n) is 4.80. The fourth-order valence-corrected chi connectivity index (χ4v) is 4.74. The Balaban J connectivity index is 1.94. The lowest BCUT2D eigenvalue weighted by Gasteiger charge is -2.24. The highest BCUT2D eigenvalue weighted by molar-refractivity contribution is 7.92. The van der Waals surface area contributed by atoms with E-state index >= 15 is 0 Å². The molecule has 0 aliphatic rings. The Morgan fingerprint density at radius 2 is 1.62 bits per heavy atom. The third-order valence-corrected chi connectivity index (χ3v) is 6.84. The molecule has 6 nitrogen and oxygen atoms in total. The number of ether oxygens (including phenoxy) is 1. The van der Waals surface area contributed by atoms with Crippen molar-refractivity contribution in [1.29, 1.82) is 0 Å². The van der Waals surface area contributed by atoms with Crippen molar-refractivity contribution in [3.63, 3.8) is 0 Å². The quantitative estimate of drug-likeness (QED) is 0.468. The van der Waals surface area contributed by atoms with E-state index in [4.69, 9.17) is 16.3 Å². The van der Waals surface area contributed by atoms with E-state index in [1.165, 1.54) is 24.3 Å². The molecule has 3 aromatic carbocycles. The molecule has 0 saturated heterocycles. The summed E-state index contributed by atoms with van der Waals surface area (Å²) in [5.74, 6) is 0.165. The first-order valence-corrected chi connectivity index (χ1v) is 12.1. The number of hydrogen-bond acceptors (Lipinski definition) is 4. The fourth-order valence-electron chi connectivity index (χ4n) is 3.19. The van der Waals surface area contributed by atoms with Crippen LogP contribution in [0.4, 0.5) is 11.4 Å². The van der Waals surface area contributed by atoms with Gasteiger partial charge in [-0.15, -0.1) is 0 Å². The zero-order chi connectivity index (χ0) is 23.1. The van der Waals surface area contributed by atoms with Crippen LogP contribution in [0.1, 0.15) is 19.4 Å². The van der Waals surface area contributed by atoms with Gasteiger partial charge in [-0.05, 0) is 73.5 Å². The molecule has 0 aliphatic carbocycles. The SMILES string of the molecule is CCOc1ccc(N(CC(=O)Nc2ccccc2CC)S(=O)(=O)c2ccc(Cl)cc2)cc1. The molecule has 32 heavy (non-hydrogen) atoms. The van der Waals surface area contributed by atoms with Crippen molar-refractivity contribution in [2.45, 2.75) is 25.2 Å². The van der Waals surface area contributed by atoms with E-state index in [9.17, 15) is 13.2 Å². The smallest absolute Gasteiger partial charge is 0.264 e. The van der Waals surface area contributed by atoms with E-state index < -0.39 is 22.5 Å². The van der Waals surface area contributed by atoms with E-state index in [-0.39, 0.29) is 4.90 Å². The summed E-state index contributed by atoms with van der Waals surface area (Å²) in [6, 6.07) is 19.9. The molecular formula is C24H25ClN2O4S. The number of hydrogen-bond donors (Lipinski definition) is 1. The van der Waals surface area contributed by atoms with Crippen molar-refractivity contribution in [1.82, 2.24) is 0 Å². The van der Waals surface area contributed by atoms with Gasteiger partial charge in [0.25, 0.3) is 10.0 Å². The minimum Gasteiger partial charge on any atom is -0.494 e. The summed E-state index contributed by atoms with van der Waals surface area (Å²) in [5, 5.41) is 3.26. The topological polar surface area (TPSA) is 75.7 Å². The maximum Gasteiger partial charge on any atom is 0.264 e. The minimum absolute atomic E-state index is 0.0394. The van der Waals surface area contributed by atoms with Gasteiger partial charge in [0.05, 0.1) is 17.2 Å². The van der Waals surface area contributed by atoms with E-state index in [0.29, 0.717) is 28.8 Å². The van der Waals surface area contributed by atoms with Crippen molar-refractivity contribution >= 4 is 38.9 Å². The van der Waals surface area contributed by atoms with Crippen LogP contribution in [0.15, 0.2) is 77.7 Å². The van der Waals surface area contributed by atoms with Crippen molar-refractivity contribution in [3.8, 4) is 5.75 Å². The Morgan fingerprint density at radius 3 is 2.25 bits per heavy atom. The van der Waals surface area contributed by atoms with Gasteiger partial charge in [-0.1, -0.05) is 36.7 Å². The maximum absolute atomic E-state index is 13.4. The monoisotopic (exact) mass is 472 g/mol. The van der Waals surface area contributed by atoms with Crippen LogP contribution in [0.3, 0.4) is 0 Å². The van der Waals surface area contributed by atoms with E-state index in [0.717, 1.165) is 16.3 Å². The van der Waals surface area contributed by atoms with Crippen LogP contribution in [-0.4, -0.2) is 27.5 Å². The molecule has 168 valence electrons.